The van der Waals surface area contributed by atoms with E-state index < -0.39 is 0 Å². The van der Waals surface area contributed by atoms with E-state index >= 15 is 0 Å². The average Bonchev–Trinajstić information content (AvgIpc) is 2.47. The third-order valence-electron chi connectivity index (χ3n) is 4.51. The largest absolute Gasteiger partial charge is 0.489 e. The standard InChI is InChI=1S/C18H27NO/c1-4-11-20-18-8-6-5-7-16(18)13-19-17-10-9-14(2)15(3)12-17/h4-8,14-15,17,19H,1,9-13H2,2-3H3. The van der Waals surface area contributed by atoms with E-state index in [0.29, 0.717) is 12.6 Å². The Labute approximate surface area is 123 Å². The Kier molecular flexibility index (Phi) is 5.66. The topological polar surface area (TPSA) is 21.3 Å². The molecule has 0 amide bonds. The Morgan fingerprint density at radius 1 is 1.25 bits per heavy atom. The summed E-state index contributed by atoms with van der Waals surface area (Å²) in [7, 11) is 0. The van der Waals surface area contributed by atoms with E-state index in [1.807, 2.05) is 12.1 Å². The molecule has 0 saturated heterocycles. The van der Waals surface area contributed by atoms with Gasteiger partial charge >= 0.3 is 0 Å². The molecule has 1 aromatic rings. The summed E-state index contributed by atoms with van der Waals surface area (Å²) >= 11 is 0. The van der Waals surface area contributed by atoms with Crippen molar-refractivity contribution in [1.29, 1.82) is 0 Å². The van der Waals surface area contributed by atoms with Crippen LogP contribution in [0.2, 0.25) is 0 Å². The summed E-state index contributed by atoms with van der Waals surface area (Å²) in [6.07, 6.45) is 5.71. The molecule has 1 aliphatic carbocycles. The van der Waals surface area contributed by atoms with Crippen LogP contribution in [0, 0.1) is 11.8 Å². The quantitative estimate of drug-likeness (QED) is 0.786. The molecule has 0 radical (unpaired) electrons. The molecule has 1 aromatic carbocycles. The highest BCUT2D eigenvalue weighted by atomic mass is 16.5. The second-order valence-electron chi connectivity index (χ2n) is 6.05. The molecule has 2 nitrogen and oxygen atoms in total. The highest BCUT2D eigenvalue weighted by Crippen LogP contribution is 2.29. The van der Waals surface area contributed by atoms with Gasteiger partial charge in [0.2, 0.25) is 0 Å². The van der Waals surface area contributed by atoms with Crippen molar-refractivity contribution in [2.75, 3.05) is 6.61 Å². The van der Waals surface area contributed by atoms with Crippen LogP contribution in [-0.2, 0) is 6.54 Å². The minimum atomic E-state index is 0.564. The fraction of sp³-hybridized carbons (Fsp3) is 0.556. The molecular formula is C18H27NO. The molecule has 0 bridgehead atoms. The van der Waals surface area contributed by atoms with Crippen LogP contribution in [0.25, 0.3) is 0 Å². The Bertz CT molecular complexity index is 429. The highest BCUT2D eigenvalue weighted by Gasteiger charge is 2.24. The second-order valence-corrected chi connectivity index (χ2v) is 6.05. The SMILES string of the molecule is C=CCOc1ccccc1CNC1CCC(C)C(C)C1. The lowest BCUT2D eigenvalue weighted by Gasteiger charge is -2.32. The van der Waals surface area contributed by atoms with Gasteiger partial charge in [-0.2, -0.15) is 0 Å². The summed E-state index contributed by atoms with van der Waals surface area (Å²) in [5, 5.41) is 3.70. The van der Waals surface area contributed by atoms with Gasteiger partial charge in [-0.3, -0.25) is 0 Å². The third-order valence-corrected chi connectivity index (χ3v) is 4.51. The van der Waals surface area contributed by atoms with Crippen LogP contribution in [0.5, 0.6) is 5.75 Å². The maximum Gasteiger partial charge on any atom is 0.124 e. The van der Waals surface area contributed by atoms with Gasteiger partial charge in [0, 0.05) is 18.2 Å². The van der Waals surface area contributed by atoms with E-state index in [2.05, 4.69) is 37.9 Å². The normalized spacial score (nSPS) is 26.2. The number of nitrogens with one attached hydrogen (secondary N) is 1. The van der Waals surface area contributed by atoms with Gasteiger partial charge in [0.1, 0.15) is 12.4 Å². The molecule has 2 rings (SSSR count). The molecule has 20 heavy (non-hydrogen) atoms. The van der Waals surface area contributed by atoms with E-state index in [-0.39, 0.29) is 0 Å². The molecule has 1 saturated carbocycles. The van der Waals surface area contributed by atoms with Gasteiger partial charge in [-0.1, -0.05) is 44.7 Å². The number of ether oxygens (including phenoxy) is 1. The van der Waals surface area contributed by atoms with E-state index in [4.69, 9.17) is 4.74 Å². The fourth-order valence-electron chi connectivity index (χ4n) is 2.93. The zero-order chi connectivity index (χ0) is 14.4. The number of hydrogen-bond acceptors (Lipinski definition) is 2. The Morgan fingerprint density at radius 3 is 2.80 bits per heavy atom. The average molecular weight is 273 g/mol. The molecule has 1 fully saturated rings. The van der Waals surface area contributed by atoms with Crippen LogP contribution in [0.15, 0.2) is 36.9 Å². The first-order valence-corrected chi connectivity index (χ1v) is 7.75. The number of rotatable bonds is 6. The van der Waals surface area contributed by atoms with Crippen molar-refractivity contribution >= 4 is 0 Å². The van der Waals surface area contributed by atoms with Crippen molar-refractivity contribution in [3.8, 4) is 5.75 Å². The van der Waals surface area contributed by atoms with E-state index in [0.717, 1.165) is 24.1 Å². The number of para-hydroxylation sites is 1. The molecule has 0 aliphatic heterocycles. The Morgan fingerprint density at radius 2 is 2.05 bits per heavy atom. The first-order chi connectivity index (χ1) is 9.70. The third kappa shape index (κ3) is 4.11. The molecule has 3 unspecified atom stereocenters. The summed E-state index contributed by atoms with van der Waals surface area (Å²) < 4.78 is 5.71. The molecule has 110 valence electrons. The Balaban J connectivity index is 1.89. The van der Waals surface area contributed by atoms with Gasteiger partial charge < -0.3 is 10.1 Å². The lowest BCUT2D eigenvalue weighted by Crippen LogP contribution is -2.35. The van der Waals surface area contributed by atoms with Crippen LogP contribution in [-0.4, -0.2) is 12.6 Å². The van der Waals surface area contributed by atoms with Gasteiger partial charge in [-0.05, 0) is 37.2 Å². The number of benzene rings is 1. The highest BCUT2D eigenvalue weighted by molar-refractivity contribution is 5.33. The first kappa shape index (κ1) is 15.1. The van der Waals surface area contributed by atoms with Crippen molar-refractivity contribution in [3.63, 3.8) is 0 Å². The van der Waals surface area contributed by atoms with Crippen molar-refractivity contribution < 1.29 is 4.74 Å². The van der Waals surface area contributed by atoms with Crippen LogP contribution >= 0.6 is 0 Å². The predicted molar refractivity (Wildman–Crippen MR) is 84.9 cm³/mol. The minimum Gasteiger partial charge on any atom is -0.489 e. The van der Waals surface area contributed by atoms with Crippen molar-refractivity contribution in [2.45, 2.75) is 45.7 Å². The lowest BCUT2D eigenvalue weighted by molar-refractivity contribution is 0.225. The zero-order valence-corrected chi connectivity index (χ0v) is 12.8. The summed E-state index contributed by atoms with van der Waals surface area (Å²) in [6, 6.07) is 8.91. The fourth-order valence-corrected chi connectivity index (χ4v) is 2.93. The van der Waals surface area contributed by atoms with Crippen molar-refractivity contribution in [3.05, 3.63) is 42.5 Å². The van der Waals surface area contributed by atoms with Gasteiger partial charge in [-0.25, -0.2) is 0 Å². The molecule has 1 N–H and O–H groups in total. The summed E-state index contributed by atoms with van der Waals surface area (Å²) in [6.45, 7) is 9.90. The van der Waals surface area contributed by atoms with Crippen molar-refractivity contribution in [1.82, 2.24) is 5.32 Å². The number of hydrogen-bond donors (Lipinski definition) is 1. The minimum absolute atomic E-state index is 0.564. The van der Waals surface area contributed by atoms with Crippen LogP contribution in [0.4, 0.5) is 0 Å². The van der Waals surface area contributed by atoms with Crippen LogP contribution < -0.4 is 10.1 Å². The summed E-state index contributed by atoms with van der Waals surface area (Å²) in [5.41, 5.74) is 1.24. The summed E-state index contributed by atoms with van der Waals surface area (Å²) in [4.78, 5) is 0. The molecule has 2 heteroatoms. The van der Waals surface area contributed by atoms with Gasteiger partial charge in [0.25, 0.3) is 0 Å². The lowest BCUT2D eigenvalue weighted by atomic mass is 9.79. The smallest absolute Gasteiger partial charge is 0.124 e. The maximum absolute atomic E-state index is 5.71. The zero-order valence-electron chi connectivity index (χ0n) is 12.8. The molecule has 0 aromatic heterocycles. The van der Waals surface area contributed by atoms with Crippen molar-refractivity contribution in [2.24, 2.45) is 11.8 Å². The van der Waals surface area contributed by atoms with E-state index in [1.165, 1.54) is 24.8 Å². The molecular weight excluding hydrogens is 246 g/mol. The van der Waals surface area contributed by atoms with Crippen LogP contribution in [0.1, 0.15) is 38.7 Å². The van der Waals surface area contributed by atoms with Gasteiger partial charge in [0.05, 0.1) is 0 Å². The first-order valence-electron chi connectivity index (χ1n) is 7.75. The molecule has 0 spiro atoms. The Hall–Kier alpha value is -1.28. The molecule has 1 aliphatic rings. The van der Waals surface area contributed by atoms with Gasteiger partial charge in [-0.15, -0.1) is 0 Å². The predicted octanol–water partition coefficient (Wildman–Crippen LogP) is 4.17. The van der Waals surface area contributed by atoms with E-state index in [9.17, 15) is 0 Å². The van der Waals surface area contributed by atoms with Gasteiger partial charge in [0.15, 0.2) is 0 Å². The van der Waals surface area contributed by atoms with E-state index in [1.54, 1.807) is 6.08 Å². The van der Waals surface area contributed by atoms with Crippen LogP contribution in [0.3, 0.4) is 0 Å². The second kappa shape index (κ2) is 7.49. The monoisotopic (exact) mass is 273 g/mol. The maximum atomic E-state index is 5.71. The molecule has 3 atom stereocenters. The summed E-state index contributed by atoms with van der Waals surface area (Å²) in [5.74, 6) is 2.67. The molecule has 0 heterocycles.